The first-order valence-corrected chi connectivity index (χ1v) is 11.8. The molecule has 3 amide bonds. The first-order valence-electron chi connectivity index (χ1n) is 11.4. The Balaban J connectivity index is 1.97. The molecular weight excluding hydrogens is 520 g/mol. The van der Waals surface area contributed by atoms with E-state index in [0.29, 0.717) is 25.1 Å². The summed E-state index contributed by atoms with van der Waals surface area (Å²) >= 11 is 5.58. The number of hydrogen-bond donors (Lipinski definition) is 3. The number of fused-ring (bicyclic) bond motifs is 1. The van der Waals surface area contributed by atoms with E-state index in [1.165, 1.54) is 18.5 Å². The van der Waals surface area contributed by atoms with E-state index >= 15 is 0 Å². The second kappa shape index (κ2) is 11.3. The predicted molar refractivity (Wildman–Crippen MR) is 127 cm³/mol. The van der Waals surface area contributed by atoms with Crippen molar-refractivity contribution in [2.24, 2.45) is 0 Å². The predicted octanol–water partition coefficient (Wildman–Crippen LogP) is 3.43. The van der Waals surface area contributed by atoms with E-state index in [-0.39, 0.29) is 22.5 Å². The van der Waals surface area contributed by atoms with Crippen LogP contribution < -0.4 is 16.0 Å². The van der Waals surface area contributed by atoms with E-state index in [1.54, 1.807) is 0 Å². The lowest BCUT2D eigenvalue weighted by Crippen LogP contribution is -2.60. The molecule has 2 aromatic rings. The van der Waals surface area contributed by atoms with Gasteiger partial charge in [0.05, 0.1) is 24.6 Å². The molecule has 8 nitrogen and oxygen atoms in total. The van der Waals surface area contributed by atoms with Crippen LogP contribution in [0.2, 0.25) is 5.02 Å². The van der Waals surface area contributed by atoms with Gasteiger partial charge in [-0.2, -0.15) is 0 Å². The maximum Gasteiger partial charge on any atom is 0.293 e. The van der Waals surface area contributed by atoms with Crippen molar-refractivity contribution in [1.82, 2.24) is 15.2 Å². The van der Waals surface area contributed by atoms with Gasteiger partial charge in [-0.3, -0.25) is 28.0 Å². The molecule has 0 fully saturated rings. The highest BCUT2D eigenvalue weighted by Crippen LogP contribution is 2.31. The normalized spacial score (nSPS) is 12.7. The van der Waals surface area contributed by atoms with Gasteiger partial charge in [0, 0.05) is 32.1 Å². The Morgan fingerprint density at radius 3 is 2.35 bits per heavy atom. The highest BCUT2D eigenvalue weighted by atomic mass is 35.5. The summed E-state index contributed by atoms with van der Waals surface area (Å²) in [4.78, 5) is 51.7. The number of nitrogens with zero attached hydrogens (tertiary/aromatic N) is 1. The summed E-state index contributed by atoms with van der Waals surface area (Å²) in [5, 5.41) is 5.96. The molecule has 1 aromatic carbocycles. The van der Waals surface area contributed by atoms with Crippen LogP contribution in [0, 0.1) is 18.6 Å². The number of aromatic nitrogens is 1. The third-order valence-corrected chi connectivity index (χ3v) is 6.75. The number of hydrogen-bond acceptors (Lipinski definition) is 4. The van der Waals surface area contributed by atoms with Crippen molar-refractivity contribution in [1.29, 1.82) is 0 Å². The van der Waals surface area contributed by atoms with Gasteiger partial charge in [0.25, 0.3) is 17.6 Å². The molecule has 0 unspecified atom stereocenters. The molecule has 37 heavy (non-hydrogen) atoms. The molecule has 1 aliphatic heterocycles. The summed E-state index contributed by atoms with van der Waals surface area (Å²) in [6, 6.07) is 1.87. The van der Waals surface area contributed by atoms with Crippen LogP contribution in [-0.2, 0) is 22.6 Å². The van der Waals surface area contributed by atoms with E-state index in [4.69, 9.17) is 11.6 Å². The van der Waals surface area contributed by atoms with Gasteiger partial charge in [0.15, 0.2) is 5.82 Å². The Hall–Kier alpha value is -3.41. The molecule has 0 aliphatic carbocycles. The quantitative estimate of drug-likeness (QED) is 0.184. The Morgan fingerprint density at radius 2 is 1.76 bits per heavy atom. The van der Waals surface area contributed by atoms with Crippen LogP contribution in [-0.4, -0.2) is 54.0 Å². The molecule has 0 saturated carbocycles. The second-order valence-corrected chi connectivity index (χ2v) is 8.93. The Bertz CT molecular complexity index is 1260. The molecule has 0 saturated heterocycles. The fourth-order valence-electron chi connectivity index (χ4n) is 4.60. The lowest BCUT2D eigenvalue weighted by Gasteiger charge is -2.31. The third-order valence-electron chi connectivity index (χ3n) is 6.40. The summed E-state index contributed by atoms with van der Waals surface area (Å²) < 4.78 is 55.8. The van der Waals surface area contributed by atoms with E-state index in [9.17, 15) is 36.7 Å². The Labute approximate surface area is 214 Å². The van der Waals surface area contributed by atoms with Crippen LogP contribution in [0.5, 0.6) is 0 Å². The van der Waals surface area contributed by atoms with Crippen LogP contribution in [0.1, 0.15) is 51.4 Å². The standard InChI is InChI=1S/C24H25ClF4N4O4/c1-12-16(20(34)22(36)32-24(7-9-26,8-10-27)23(37)30-2)15-4-3-11-33(15)19(12)21(35)31-14-6-5-13(28)17(25)18(14)29/h5-6H,3-4,7-11H2,1-2H3,(H,30,37)(H,31,35)(H,32,36). The number of rotatable bonds is 10. The number of benzene rings is 1. The topological polar surface area (TPSA) is 109 Å². The van der Waals surface area contributed by atoms with Crippen molar-refractivity contribution >= 4 is 40.8 Å². The molecule has 0 spiro atoms. The van der Waals surface area contributed by atoms with Crippen LogP contribution >= 0.6 is 11.6 Å². The number of alkyl halides is 2. The summed E-state index contributed by atoms with van der Waals surface area (Å²) in [5.41, 5.74) is -1.99. The van der Waals surface area contributed by atoms with E-state index < -0.39 is 71.9 Å². The van der Waals surface area contributed by atoms with Crippen molar-refractivity contribution in [3.05, 3.63) is 51.3 Å². The zero-order chi connectivity index (χ0) is 27.5. The van der Waals surface area contributed by atoms with Crippen molar-refractivity contribution in [3.8, 4) is 0 Å². The van der Waals surface area contributed by atoms with Gasteiger partial charge in [-0.05, 0) is 37.5 Å². The van der Waals surface area contributed by atoms with Gasteiger partial charge in [-0.25, -0.2) is 8.78 Å². The van der Waals surface area contributed by atoms with Crippen molar-refractivity contribution in [2.75, 3.05) is 25.7 Å². The maximum absolute atomic E-state index is 14.3. The van der Waals surface area contributed by atoms with Gasteiger partial charge < -0.3 is 20.5 Å². The number of ketones is 1. The van der Waals surface area contributed by atoms with Crippen molar-refractivity contribution in [3.63, 3.8) is 0 Å². The second-order valence-electron chi connectivity index (χ2n) is 8.55. The summed E-state index contributed by atoms with van der Waals surface area (Å²) in [6.45, 7) is -0.371. The molecule has 0 radical (unpaired) electrons. The molecule has 1 aliphatic rings. The molecule has 13 heteroatoms. The fraction of sp³-hybridized carbons (Fsp3) is 0.417. The van der Waals surface area contributed by atoms with Crippen LogP contribution in [0.3, 0.4) is 0 Å². The smallest absolute Gasteiger partial charge is 0.293 e. The minimum Gasteiger partial charge on any atom is -0.357 e. The SMILES string of the molecule is CNC(=O)C(CCF)(CCF)NC(=O)C(=O)c1c(C)c(C(=O)Nc2ccc(F)c(Cl)c2F)n2c1CCC2. The van der Waals surface area contributed by atoms with Crippen molar-refractivity contribution < 1.29 is 36.7 Å². The average molecular weight is 545 g/mol. The molecule has 0 atom stereocenters. The summed E-state index contributed by atoms with van der Waals surface area (Å²) in [7, 11) is 1.23. The average Bonchev–Trinajstić information content (AvgIpc) is 3.43. The number of halogens is 5. The van der Waals surface area contributed by atoms with Crippen molar-refractivity contribution in [2.45, 2.75) is 44.7 Å². The number of carbonyl (C=O) groups is 4. The Kier molecular flexibility index (Phi) is 8.62. The van der Waals surface area contributed by atoms with Gasteiger partial charge >= 0.3 is 0 Å². The van der Waals surface area contributed by atoms with E-state index in [2.05, 4.69) is 16.0 Å². The minimum atomic E-state index is -1.98. The number of nitrogens with one attached hydrogen (secondary N) is 3. The van der Waals surface area contributed by atoms with Crippen LogP contribution in [0.25, 0.3) is 0 Å². The molecule has 1 aromatic heterocycles. The molecule has 0 bridgehead atoms. The molecular formula is C24H25ClF4N4O4. The molecule has 200 valence electrons. The third kappa shape index (κ3) is 5.20. The number of carbonyl (C=O) groups excluding carboxylic acids is 4. The highest BCUT2D eigenvalue weighted by molar-refractivity contribution is 6.44. The maximum atomic E-state index is 14.3. The summed E-state index contributed by atoms with van der Waals surface area (Å²) in [5.74, 6) is -6.23. The van der Waals surface area contributed by atoms with Gasteiger partial charge in [-0.15, -0.1) is 0 Å². The number of likely N-dealkylation sites (N-methyl/N-ethyl adjacent to an activating group) is 1. The van der Waals surface area contributed by atoms with E-state index in [0.717, 1.165) is 12.1 Å². The summed E-state index contributed by atoms with van der Waals surface area (Å²) in [6.07, 6.45) is -0.223. The lowest BCUT2D eigenvalue weighted by atomic mass is 9.90. The first kappa shape index (κ1) is 28.2. The van der Waals surface area contributed by atoms with Gasteiger partial charge in [0.1, 0.15) is 22.1 Å². The first-order chi connectivity index (χ1) is 17.5. The van der Waals surface area contributed by atoms with Gasteiger partial charge in [0.2, 0.25) is 5.91 Å². The lowest BCUT2D eigenvalue weighted by molar-refractivity contribution is -0.132. The largest absolute Gasteiger partial charge is 0.357 e. The van der Waals surface area contributed by atoms with Gasteiger partial charge in [-0.1, -0.05) is 11.6 Å². The number of Topliss-reactive ketones (excluding diaryl/α,β-unsaturated/α-hetero) is 1. The zero-order valence-corrected chi connectivity index (χ0v) is 20.8. The molecule has 3 rings (SSSR count). The number of anilines is 1. The number of amides is 3. The van der Waals surface area contributed by atoms with E-state index in [1.807, 2.05) is 0 Å². The molecule has 2 heterocycles. The molecule has 3 N–H and O–H groups in total. The van der Waals surface area contributed by atoms with Crippen LogP contribution in [0.4, 0.5) is 23.2 Å². The zero-order valence-electron chi connectivity index (χ0n) is 20.1. The minimum absolute atomic E-state index is 0.0198. The van der Waals surface area contributed by atoms with Crippen LogP contribution in [0.15, 0.2) is 12.1 Å². The Morgan fingerprint density at radius 1 is 1.11 bits per heavy atom. The monoisotopic (exact) mass is 544 g/mol. The highest BCUT2D eigenvalue weighted by Gasteiger charge is 2.42. The fourth-order valence-corrected chi connectivity index (χ4v) is 4.76.